The van der Waals surface area contributed by atoms with Crippen molar-refractivity contribution in [3.8, 4) is 17.0 Å². The third-order valence-electron chi connectivity index (χ3n) is 4.64. The van der Waals surface area contributed by atoms with Gasteiger partial charge in [-0.25, -0.2) is 15.0 Å². The predicted molar refractivity (Wildman–Crippen MR) is 99.9 cm³/mol. The zero-order valence-electron chi connectivity index (χ0n) is 13.5. The van der Waals surface area contributed by atoms with E-state index in [1.54, 1.807) is 13.4 Å². The lowest BCUT2D eigenvalue weighted by atomic mass is 9.96. The lowest BCUT2D eigenvalue weighted by Crippen LogP contribution is -1.98. The average molecular weight is 326 g/mol. The first-order valence-electron chi connectivity index (χ1n) is 7.95. The molecule has 0 fully saturated rings. The van der Waals surface area contributed by atoms with Crippen LogP contribution in [0.3, 0.4) is 0 Å². The number of benzene rings is 3. The molecular weight excluding hydrogens is 312 g/mol. The van der Waals surface area contributed by atoms with E-state index < -0.39 is 0 Å². The number of ether oxygens (including phenoxy) is 1. The smallest absolute Gasteiger partial charge is 0.132 e. The summed E-state index contributed by atoms with van der Waals surface area (Å²) in [5.74, 6) is 1.32. The number of hydrogen-bond donors (Lipinski definition) is 1. The fraction of sp³-hybridized carbons (Fsp3) is 0.0500. The highest BCUT2D eigenvalue weighted by molar-refractivity contribution is 6.25. The second kappa shape index (κ2) is 5.01. The normalized spacial score (nSPS) is 11.6. The van der Waals surface area contributed by atoms with Crippen LogP contribution in [0.2, 0.25) is 0 Å². The molecule has 0 spiro atoms. The summed E-state index contributed by atoms with van der Waals surface area (Å²) in [6, 6.07) is 15.9. The molecule has 2 heterocycles. The highest BCUT2D eigenvalue weighted by atomic mass is 16.5. The van der Waals surface area contributed by atoms with Crippen LogP contribution in [0, 0.1) is 0 Å². The number of pyridine rings is 1. The molecule has 25 heavy (non-hydrogen) atoms. The molecule has 2 N–H and O–H groups in total. The van der Waals surface area contributed by atoms with Crippen LogP contribution in [-0.2, 0) is 0 Å². The van der Waals surface area contributed by atoms with Crippen LogP contribution in [0.4, 0.5) is 5.82 Å². The number of nitrogens with two attached hydrogens (primary N) is 1. The SMILES string of the molecule is COc1ccc(-c2nc(N)c3ccc4ncnc5ccc2c3c45)cc1. The molecule has 3 aromatic carbocycles. The lowest BCUT2D eigenvalue weighted by Gasteiger charge is -2.14. The molecular formula is C20H14N4O. The van der Waals surface area contributed by atoms with Crippen molar-refractivity contribution in [1.29, 1.82) is 0 Å². The van der Waals surface area contributed by atoms with E-state index in [9.17, 15) is 0 Å². The monoisotopic (exact) mass is 326 g/mol. The number of methoxy groups -OCH3 is 1. The summed E-state index contributed by atoms with van der Waals surface area (Å²) in [6.07, 6.45) is 1.59. The van der Waals surface area contributed by atoms with E-state index in [1.807, 2.05) is 42.5 Å². The summed E-state index contributed by atoms with van der Waals surface area (Å²) in [7, 11) is 1.65. The summed E-state index contributed by atoms with van der Waals surface area (Å²) in [4.78, 5) is 13.5. The molecule has 5 rings (SSSR count). The largest absolute Gasteiger partial charge is 0.497 e. The van der Waals surface area contributed by atoms with Crippen molar-refractivity contribution in [2.75, 3.05) is 12.8 Å². The van der Waals surface area contributed by atoms with Gasteiger partial charge in [-0.15, -0.1) is 0 Å². The highest BCUT2D eigenvalue weighted by Gasteiger charge is 2.16. The average Bonchev–Trinajstić information content (AvgIpc) is 2.67. The van der Waals surface area contributed by atoms with Gasteiger partial charge in [0.05, 0.1) is 23.8 Å². The van der Waals surface area contributed by atoms with Gasteiger partial charge < -0.3 is 10.5 Å². The van der Waals surface area contributed by atoms with E-state index in [1.165, 1.54) is 0 Å². The zero-order chi connectivity index (χ0) is 17.0. The number of nitrogen functional groups attached to an aromatic ring is 1. The van der Waals surface area contributed by atoms with E-state index in [4.69, 9.17) is 10.5 Å². The minimum absolute atomic E-state index is 0.511. The fourth-order valence-corrected chi connectivity index (χ4v) is 3.45. The molecule has 0 amide bonds. The highest BCUT2D eigenvalue weighted by Crippen LogP contribution is 2.39. The minimum atomic E-state index is 0.511. The molecule has 0 radical (unpaired) electrons. The Morgan fingerprint density at radius 3 is 2.16 bits per heavy atom. The molecule has 2 aromatic heterocycles. The van der Waals surface area contributed by atoms with E-state index in [0.29, 0.717) is 5.82 Å². The first-order valence-corrected chi connectivity index (χ1v) is 7.95. The lowest BCUT2D eigenvalue weighted by molar-refractivity contribution is 0.415. The van der Waals surface area contributed by atoms with Gasteiger partial charge in [-0.05, 0) is 48.5 Å². The van der Waals surface area contributed by atoms with Crippen molar-refractivity contribution in [2.45, 2.75) is 0 Å². The van der Waals surface area contributed by atoms with E-state index >= 15 is 0 Å². The van der Waals surface area contributed by atoms with Gasteiger partial charge >= 0.3 is 0 Å². The van der Waals surface area contributed by atoms with Gasteiger partial charge in [0.15, 0.2) is 0 Å². The third kappa shape index (κ3) is 1.92. The van der Waals surface area contributed by atoms with Gasteiger partial charge in [0.1, 0.15) is 17.9 Å². The van der Waals surface area contributed by atoms with Gasteiger partial charge in [0.25, 0.3) is 0 Å². The van der Waals surface area contributed by atoms with Crippen molar-refractivity contribution >= 4 is 38.4 Å². The van der Waals surface area contributed by atoms with Crippen molar-refractivity contribution < 1.29 is 4.74 Å². The Balaban J connectivity index is 1.93. The second-order valence-corrected chi connectivity index (χ2v) is 5.96. The molecule has 0 aliphatic rings. The Labute approximate surface area is 143 Å². The van der Waals surface area contributed by atoms with Crippen molar-refractivity contribution in [1.82, 2.24) is 15.0 Å². The molecule has 5 aromatic rings. The summed E-state index contributed by atoms with van der Waals surface area (Å²) < 4.78 is 5.25. The summed E-state index contributed by atoms with van der Waals surface area (Å²) in [5, 5.41) is 4.07. The van der Waals surface area contributed by atoms with Crippen molar-refractivity contribution in [3.63, 3.8) is 0 Å². The molecule has 0 aliphatic carbocycles. The predicted octanol–water partition coefficient (Wildman–Crippen LogP) is 4.03. The number of aromatic nitrogens is 3. The van der Waals surface area contributed by atoms with Crippen LogP contribution in [0.1, 0.15) is 0 Å². The maximum atomic E-state index is 6.28. The van der Waals surface area contributed by atoms with Crippen LogP contribution < -0.4 is 10.5 Å². The van der Waals surface area contributed by atoms with Gasteiger partial charge in [-0.2, -0.15) is 0 Å². The van der Waals surface area contributed by atoms with Crippen LogP contribution in [-0.4, -0.2) is 22.1 Å². The van der Waals surface area contributed by atoms with Gasteiger partial charge in [0.2, 0.25) is 0 Å². The first kappa shape index (κ1) is 13.9. The Kier molecular flexibility index (Phi) is 2.79. The van der Waals surface area contributed by atoms with Crippen molar-refractivity contribution in [3.05, 3.63) is 54.9 Å². The molecule has 0 saturated heterocycles. The fourth-order valence-electron chi connectivity index (χ4n) is 3.45. The van der Waals surface area contributed by atoms with Crippen LogP contribution >= 0.6 is 0 Å². The Morgan fingerprint density at radius 2 is 1.48 bits per heavy atom. The molecule has 0 saturated carbocycles. The Bertz CT molecular complexity index is 1220. The molecule has 120 valence electrons. The first-order chi connectivity index (χ1) is 12.3. The Hall–Kier alpha value is -3.47. The third-order valence-corrected chi connectivity index (χ3v) is 4.64. The van der Waals surface area contributed by atoms with E-state index in [2.05, 4.69) is 21.0 Å². The summed E-state index contributed by atoms with van der Waals surface area (Å²) in [6.45, 7) is 0. The van der Waals surface area contributed by atoms with Gasteiger partial charge in [-0.3, -0.25) is 0 Å². The van der Waals surface area contributed by atoms with E-state index in [0.717, 1.165) is 49.6 Å². The molecule has 5 nitrogen and oxygen atoms in total. The number of hydrogen-bond acceptors (Lipinski definition) is 5. The molecule has 0 bridgehead atoms. The quantitative estimate of drug-likeness (QED) is 0.496. The second-order valence-electron chi connectivity index (χ2n) is 5.96. The standard InChI is InChI=1S/C20H14N4O/c1-25-12-4-2-11(3-5-12)19-13-6-8-15-18-16(23-10-22-15)9-7-14(17(13)18)20(21)24-19/h2-10H,1H3,(H2,21,24). The minimum Gasteiger partial charge on any atom is -0.497 e. The maximum Gasteiger partial charge on any atom is 0.132 e. The number of rotatable bonds is 2. The summed E-state index contributed by atoms with van der Waals surface area (Å²) in [5.41, 5.74) is 9.95. The van der Waals surface area contributed by atoms with Crippen LogP contribution in [0.5, 0.6) is 5.75 Å². The molecule has 5 heteroatoms. The van der Waals surface area contributed by atoms with Crippen LogP contribution in [0.15, 0.2) is 54.9 Å². The maximum absolute atomic E-state index is 6.28. The van der Waals surface area contributed by atoms with Crippen LogP contribution in [0.25, 0.3) is 43.8 Å². The topological polar surface area (TPSA) is 73.9 Å². The van der Waals surface area contributed by atoms with Gasteiger partial charge in [0, 0.05) is 27.1 Å². The molecule has 0 unspecified atom stereocenters. The molecule has 0 atom stereocenters. The number of anilines is 1. The number of nitrogens with zero attached hydrogens (tertiary/aromatic N) is 3. The van der Waals surface area contributed by atoms with E-state index in [-0.39, 0.29) is 0 Å². The Morgan fingerprint density at radius 1 is 0.800 bits per heavy atom. The summed E-state index contributed by atoms with van der Waals surface area (Å²) >= 11 is 0. The molecule has 0 aliphatic heterocycles. The van der Waals surface area contributed by atoms with Gasteiger partial charge in [-0.1, -0.05) is 0 Å². The zero-order valence-corrected chi connectivity index (χ0v) is 13.5. The van der Waals surface area contributed by atoms with Crippen molar-refractivity contribution in [2.24, 2.45) is 0 Å².